The third kappa shape index (κ3) is 21.5. The van der Waals surface area contributed by atoms with E-state index in [2.05, 4.69) is 16.5 Å². The van der Waals surface area contributed by atoms with Crippen molar-refractivity contribution in [3.8, 4) is 0 Å². The molecule has 0 saturated heterocycles. The molecule has 0 aromatic rings. The molecule has 2 N–H and O–H groups in total. The largest absolute Gasteiger partial charge is 1.00 e. The van der Waals surface area contributed by atoms with Crippen LogP contribution in [0.5, 0.6) is 0 Å². The molecule has 0 bridgehead atoms. The van der Waals surface area contributed by atoms with Gasteiger partial charge < -0.3 is 11.2 Å². The van der Waals surface area contributed by atoms with Gasteiger partial charge in [-0.15, -0.1) is 4.67 Å². The Balaban J connectivity index is -0.00000144. The second kappa shape index (κ2) is 15.5. The molecule has 0 aliphatic carbocycles. The van der Waals surface area contributed by atoms with Crippen LogP contribution < -0.4 is 29.6 Å². The Labute approximate surface area is 140 Å². The minimum absolute atomic E-state index is 0. The van der Waals surface area contributed by atoms with Gasteiger partial charge in [-0.25, -0.2) is 9.45 Å². The van der Waals surface area contributed by atoms with Gasteiger partial charge in [0.05, 0.1) is 6.61 Å². The van der Waals surface area contributed by atoms with Crippen molar-refractivity contribution in [1.82, 2.24) is 0 Å². The maximum Gasteiger partial charge on any atom is 1.00 e. The van der Waals surface area contributed by atoms with Crippen LogP contribution in [-0.4, -0.2) is 16.4 Å². The van der Waals surface area contributed by atoms with Gasteiger partial charge in [0.15, 0.2) is 0 Å². The molecule has 0 rings (SSSR count). The molecule has 19 heavy (non-hydrogen) atoms. The first-order valence-electron chi connectivity index (χ1n) is 6.93. The average molecular weight is 306 g/mol. The van der Waals surface area contributed by atoms with Crippen LogP contribution in [0, 0.1) is 0 Å². The molecule has 0 aliphatic heterocycles. The van der Waals surface area contributed by atoms with E-state index in [1.54, 1.807) is 0 Å². The van der Waals surface area contributed by atoms with Crippen LogP contribution in [0.1, 0.15) is 72.6 Å². The molecule has 0 amide bonds. The number of phosphoric acid groups is 1. The minimum Gasteiger partial charge on any atom is -1.00 e. The number of unbranched alkanes of at least 4 members (excludes halogenated alkanes) is 9. The molecule has 7 heteroatoms. The third-order valence-corrected chi connectivity index (χ3v) is 3.03. The van der Waals surface area contributed by atoms with Crippen LogP contribution in [0.15, 0.2) is 0 Å². The maximum atomic E-state index is 10.3. The van der Waals surface area contributed by atoms with E-state index in [4.69, 9.17) is 9.79 Å². The van der Waals surface area contributed by atoms with Gasteiger partial charge in [-0.05, 0) is 6.42 Å². The summed E-state index contributed by atoms with van der Waals surface area (Å²) in [6.45, 7) is 2.46. The molecular weight excluding hydrogens is 278 g/mol. The van der Waals surface area contributed by atoms with Crippen LogP contribution in [0.4, 0.5) is 0 Å². The Kier molecular flexibility index (Phi) is 18.2. The normalized spacial score (nSPS) is 11.3. The molecule has 112 valence electrons. The summed E-state index contributed by atoms with van der Waals surface area (Å²) in [5.41, 5.74) is 0. The molecule has 0 unspecified atom stereocenters. The van der Waals surface area contributed by atoms with Crippen molar-refractivity contribution in [2.45, 2.75) is 71.1 Å². The fourth-order valence-corrected chi connectivity index (χ4v) is 1.97. The summed E-state index contributed by atoms with van der Waals surface area (Å²) in [7, 11) is -4.47. The van der Waals surface area contributed by atoms with E-state index < -0.39 is 7.82 Å². The first-order chi connectivity index (χ1) is 8.56. The van der Waals surface area contributed by atoms with Crippen molar-refractivity contribution in [3.63, 3.8) is 0 Å². The molecule has 0 atom stereocenters. The fourth-order valence-electron chi connectivity index (χ4n) is 1.75. The summed E-state index contributed by atoms with van der Waals surface area (Å²) in [4.78, 5) is 21.1. The van der Waals surface area contributed by atoms with Crippen molar-refractivity contribution >= 4 is 7.82 Å². The Morgan fingerprint density at radius 3 is 1.74 bits per heavy atom. The van der Waals surface area contributed by atoms with E-state index in [0.29, 0.717) is 0 Å². The summed E-state index contributed by atoms with van der Waals surface area (Å²) in [5.74, 6) is 0. The molecule has 0 heterocycles. The molecule has 5 nitrogen and oxygen atoms in total. The van der Waals surface area contributed by atoms with E-state index in [-0.39, 0.29) is 37.6 Å². The van der Waals surface area contributed by atoms with Gasteiger partial charge in [-0.3, -0.25) is 0 Å². The Morgan fingerprint density at radius 2 is 1.32 bits per heavy atom. The van der Waals surface area contributed by atoms with Gasteiger partial charge >= 0.3 is 37.4 Å². The third-order valence-electron chi connectivity index (χ3n) is 2.73. The predicted molar refractivity (Wildman–Crippen MR) is 72.0 cm³/mol. The van der Waals surface area contributed by atoms with Gasteiger partial charge in [0.1, 0.15) is 0 Å². The SMILES string of the molecule is CCCCCCCCCCCCOOP(=O)(O)O.[H-].[Na+]. The van der Waals surface area contributed by atoms with Crippen LogP contribution in [-0.2, 0) is 14.1 Å². The van der Waals surface area contributed by atoms with Gasteiger partial charge in [0.25, 0.3) is 0 Å². The number of rotatable bonds is 13. The number of hydrogen-bond acceptors (Lipinski definition) is 3. The molecule has 0 fully saturated rings. The van der Waals surface area contributed by atoms with Crippen LogP contribution in [0.25, 0.3) is 0 Å². The van der Waals surface area contributed by atoms with Gasteiger partial charge in [-0.2, -0.15) is 0 Å². The first-order valence-corrected chi connectivity index (χ1v) is 8.46. The topological polar surface area (TPSA) is 76.0 Å². The quantitative estimate of drug-likeness (QED) is 0.175. The average Bonchev–Trinajstić information content (AvgIpc) is 2.29. The Bertz CT molecular complexity index is 228. The zero-order valence-corrected chi connectivity index (χ0v) is 15.2. The van der Waals surface area contributed by atoms with Crippen molar-refractivity contribution < 1.29 is 54.9 Å². The second-order valence-corrected chi connectivity index (χ2v) is 5.70. The van der Waals surface area contributed by atoms with Crippen molar-refractivity contribution in [3.05, 3.63) is 0 Å². The Morgan fingerprint density at radius 1 is 0.895 bits per heavy atom. The molecule has 0 aromatic carbocycles. The Hall–Kier alpha value is 1.07. The van der Waals surface area contributed by atoms with E-state index in [1.807, 2.05) is 0 Å². The zero-order valence-electron chi connectivity index (χ0n) is 13.3. The monoisotopic (exact) mass is 306 g/mol. The standard InChI is InChI=1S/C12H27O5P.Na.H/c1-2-3-4-5-6-7-8-9-10-11-12-16-17-18(13,14)15;;/h2-12H2,1H3,(H2,13,14,15);;/q;+1;-1. The molecule has 0 aromatic heterocycles. The summed E-state index contributed by atoms with van der Waals surface area (Å²) in [5, 5.41) is 0. The summed E-state index contributed by atoms with van der Waals surface area (Å²) in [6.07, 6.45) is 12.1. The molecule has 0 radical (unpaired) electrons. The minimum atomic E-state index is -4.47. The summed E-state index contributed by atoms with van der Waals surface area (Å²) in [6, 6.07) is 0. The zero-order chi connectivity index (χ0) is 13.7. The molecule has 0 saturated carbocycles. The van der Waals surface area contributed by atoms with Crippen molar-refractivity contribution in [1.29, 1.82) is 0 Å². The van der Waals surface area contributed by atoms with Gasteiger partial charge in [0, 0.05) is 0 Å². The smallest absolute Gasteiger partial charge is 1.00 e. The van der Waals surface area contributed by atoms with E-state index in [1.165, 1.54) is 44.9 Å². The first kappa shape index (κ1) is 22.4. The van der Waals surface area contributed by atoms with Crippen LogP contribution >= 0.6 is 7.82 Å². The van der Waals surface area contributed by atoms with Crippen LogP contribution in [0.3, 0.4) is 0 Å². The molecule has 0 aliphatic rings. The molecule has 0 spiro atoms. The van der Waals surface area contributed by atoms with Crippen molar-refractivity contribution in [2.24, 2.45) is 0 Å². The van der Waals surface area contributed by atoms with Crippen molar-refractivity contribution in [2.75, 3.05) is 6.61 Å². The summed E-state index contributed by atoms with van der Waals surface area (Å²) < 4.78 is 14.1. The predicted octanol–water partition coefficient (Wildman–Crippen LogP) is 1.06. The molecular formula is C12H28NaO5P. The second-order valence-electron chi connectivity index (χ2n) is 4.57. The van der Waals surface area contributed by atoms with E-state index in [9.17, 15) is 4.57 Å². The van der Waals surface area contributed by atoms with Gasteiger partial charge in [0.2, 0.25) is 0 Å². The van der Waals surface area contributed by atoms with Gasteiger partial charge in [-0.1, -0.05) is 64.7 Å². The van der Waals surface area contributed by atoms with E-state index in [0.717, 1.165) is 19.3 Å². The fraction of sp³-hybridized carbons (Fsp3) is 1.00. The van der Waals surface area contributed by atoms with E-state index >= 15 is 0 Å². The summed E-state index contributed by atoms with van der Waals surface area (Å²) >= 11 is 0. The maximum absolute atomic E-state index is 10.3. The number of hydrogen-bond donors (Lipinski definition) is 2. The van der Waals surface area contributed by atoms with Crippen LogP contribution in [0.2, 0.25) is 0 Å².